The van der Waals surface area contributed by atoms with Crippen molar-refractivity contribution in [2.24, 2.45) is 5.92 Å². The molecule has 1 aliphatic rings. The van der Waals surface area contributed by atoms with Crippen LogP contribution in [0.4, 0.5) is 4.39 Å². The Hall–Kier alpha value is -1.61. The van der Waals surface area contributed by atoms with E-state index in [9.17, 15) is 4.39 Å². The summed E-state index contributed by atoms with van der Waals surface area (Å²) in [6, 6.07) is 9.54. The van der Waals surface area contributed by atoms with E-state index >= 15 is 0 Å². The maximum Gasteiger partial charge on any atom is 0.128 e. The Morgan fingerprint density at radius 2 is 2.11 bits per heavy atom. The van der Waals surface area contributed by atoms with Gasteiger partial charge in [-0.1, -0.05) is 18.2 Å². The summed E-state index contributed by atoms with van der Waals surface area (Å²) in [5.41, 5.74) is 2.04. The Bertz CT molecular complexity index is 557. The molecule has 1 aliphatic carbocycles. The second-order valence-electron chi connectivity index (χ2n) is 5.31. The summed E-state index contributed by atoms with van der Waals surface area (Å²) in [6.07, 6.45) is 6.79. The van der Waals surface area contributed by atoms with Gasteiger partial charge >= 0.3 is 0 Å². The average Bonchev–Trinajstić information content (AvgIpc) is 3.14. The molecule has 1 unspecified atom stereocenters. The molecule has 0 spiro atoms. The van der Waals surface area contributed by atoms with Gasteiger partial charge in [-0.25, -0.2) is 4.39 Å². The number of rotatable bonds is 5. The maximum atomic E-state index is 13.6. The van der Waals surface area contributed by atoms with Crippen LogP contribution >= 0.6 is 0 Å². The number of halogens is 1. The molecular weight excluding hydrogens is 239 g/mol. The van der Waals surface area contributed by atoms with Gasteiger partial charge in [-0.05, 0) is 43.5 Å². The highest BCUT2D eigenvalue weighted by Crippen LogP contribution is 2.40. The van der Waals surface area contributed by atoms with E-state index in [1.807, 2.05) is 25.4 Å². The van der Waals surface area contributed by atoms with Gasteiger partial charge in [-0.2, -0.15) is 0 Å². The third kappa shape index (κ3) is 2.71. The summed E-state index contributed by atoms with van der Waals surface area (Å²) in [5.74, 6) is 0.638. The molecule has 1 atom stereocenters. The first kappa shape index (κ1) is 12.4. The molecule has 0 aliphatic heterocycles. The van der Waals surface area contributed by atoms with Crippen molar-refractivity contribution < 1.29 is 4.39 Å². The Kier molecular flexibility index (Phi) is 3.38. The van der Waals surface area contributed by atoms with Crippen molar-refractivity contribution in [1.29, 1.82) is 0 Å². The zero-order chi connectivity index (χ0) is 13.2. The molecular formula is C16H19FN2. The smallest absolute Gasteiger partial charge is 0.128 e. The van der Waals surface area contributed by atoms with E-state index in [-0.39, 0.29) is 5.82 Å². The molecule has 1 N–H and O–H groups in total. The molecule has 1 fully saturated rings. The van der Waals surface area contributed by atoms with Crippen LogP contribution in [0.2, 0.25) is 0 Å². The monoisotopic (exact) mass is 258 g/mol. The average molecular weight is 258 g/mol. The van der Waals surface area contributed by atoms with E-state index in [0.29, 0.717) is 12.6 Å². The van der Waals surface area contributed by atoms with Crippen LogP contribution in [0.3, 0.4) is 0 Å². The molecule has 0 bridgehead atoms. The Labute approximate surface area is 113 Å². The zero-order valence-corrected chi connectivity index (χ0v) is 11.1. The van der Waals surface area contributed by atoms with Crippen LogP contribution in [0, 0.1) is 11.7 Å². The van der Waals surface area contributed by atoms with Gasteiger partial charge in [0, 0.05) is 30.5 Å². The number of aromatic nitrogens is 1. The van der Waals surface area contributed by atoms with Crippen molar-refractivity contribution in [3.8, 4) is 0 Å². The van der Waals surface area contributed by atoms with Crippen LogP contribution in [0.5, 0.6) is 0 Å². The van der Waals surface area contributed by atoms with E-state index in [1.165, 1.54) is 24.5 Å². The van der Waals surface area contributed by atoms with Crippen molar-refractivity contribution in [3.05, 3.63) is 59.7 Å². The molecule has 3 rings (SSSR count). The number of nitrogens with one attached hydrogen (secondary N) is 1. The first-order valence-corrected chi connectivity index (χ1v) is 6.84. The fourth-order valence-electron chi connectivity index (χ4n) is 2.67. The highest BCUT2D eigenvalue weighted by Gasteiger charge is 2.31. The molecule has 2 nitrogen and oxygen atoms in total. The molecule has 2 aromatic rings. The number of hydrogen-bond acceptors (Lipinski definition) is 1. The standard InChI is InChI=1S/C16H19FN2/c1-18-16(12-6-7-12)14-8-9-19(11-14)10-13-4-2-3-5-15(13)17/h2-5,8-9,11-12,16,18H,6-7,10H2,1H3. The zero-order valence-electron chi connectivity index (χ0n) is 11.1. The molecule has 1 heterocycles. The van der Waals surface area contributed by atoms with E-state index in [0.717, 1.165) is 11.5 Å². The molecule has 1 aromatic carbocycles. The number of hydrogen-bond donors (Lipinski definition) is 1. The highest BCUT2D eigenvalue weighted by molar-refractivity contribution is 5.22. The lowest BCUT2D eigenvalue weighted by atomic mass is 10.1. The lowest BCUT2D eigenvalue weighted by Gasteiger charge is -2.13. The van der Waals surface area contributed by atoms with E-state index in [1.54, 1.807) is 6.07 Å². The maximum absolute atomic E-state index is 13.6. The molecule has 0 amide bonds. The van der Waals surface area contributed by atoms with Gasteiger partial charge in [-0.15, -0.1) is 0 Å². The fourth-order valence-corrected chi connectivity index (χ4v) is 2.67. The van der Waals surface area contributed by atoms with E-state index in [4.69, 9.17) is 0 Å². The van der Waals surface area contributed by atoms with Crippen LogP contribution < -0.4 is 5.32 Å². The van der Waals surface area contributed by atoms with Crippen molar-refractivity contribution >= 4 is 0 Å². The van der Waals surface area contributed by atoms with Gasteiger partial charge in [0.2, 0.25) is 0 Å². The van der Waals surface area contributed by atoms with E-state index in [2.05, 4.69) is 22.1 Å². The second kappa shape index (κ2) is 5.17. The SMILES string of the molecule is CNC(c1ccn(Cc2ccccc2F)c1)C1CC1. The van der Waals surface area contributed by atoms with Gasteiger partial charge in [0.15, 0.2) is 0 Å². The molecule has 0 saturated heterocycles. The Morgan fingerprint density at radius 3 is 2.79 bits per heavy atom. The Morgan fingerprint density at radius 1 is 1.32 bits per heavy atom. The predicted molar refractivity (Wildman–Crippen MR) is 74.5 cm³/mol. The summed E-state index contributed by atoms with van der Waals surface area (Å²) in [5, 5.41) is 3.38. The summed E-state index contributed by atoms with van der Waals surface area (Å²) in [7, 11) is 2.01. The van der Waals surface area contributed by atoms with Crippen LogP contribution in [0.1, 0.15) is 30.0 Å². The largest absolute Gasteiger partial charge is 0.349 e. The lowest BCUT2D eigenvalue weighted by Crippen LogP contribution is -2.17. The summed E-state index contributed by atoms with van der Waals surface area (Å²) < 4.78 is 15.7. The number of nitrogens with zero attached hydrogens (tertiary/aromatic N) is 1. The van der Waals surface area contributed by atoms with Crippen LogP contribution in [-0.4, -0.2) is 11.6 Å². The first-order valence-electron chi connectivity index (χ1n) is 6.84. The first-order chi connectivity index (χ1) is 9.28. The summed E-state index contributed by atoms with van der Waals surface area (Å²) in [4.78, 5) is 0. The van der Waals surface area contributed by atoms with Crippen molar-refractivity contribution in [1.82, 2.24) is 9.88 Å². The second-order valence-corrected chi connectivity index (χ2v) is 5.31. The minimum atomic E-state index is -0.134. The van der Waals surface area contributed by atoms with Gasteiger partial charge < -0.3 is 9.88 Å². The molecule has 100 valence electrons. The van der Waals surface area contributed by atoms with Gasteiger partial charge in [0.25, 0.3) is 0 Å². The van der Waals surface area contributed by atoms with Crippen LogP contribution in [-0.2, 0) is 6.54 Å². The van der Waals surface area contributed by atoms with Gasteiger partial charge in [0.05, 0.1) is 0 Å². The third-order valence-corrected chi connectivity index (χ3v) is 3.85. The van der Waals surface area contributed by atoms with Crippen LogP contribution in [0.25, 0.3) is 0 Å². The van der Waals surface area contributed by atoms with Gasteiger partial charge in [0.1, 0.15) is 5.82 Å². The highest BCUT2D eigenvalue weighted by atomic mass is 19.1. The quantitative estimate of drug-likeness (QED) is 0.870. The Balaban J connectivity index is 1.76. The van der Waals surface area contributed by atoms with Crippen molar-refractivity contribution in [3.63, 3.8) is 0 Å². The third-order valence-electron chi connectivity index (χ3n) is 3.85. The van der Waals surface area contributed by atoms with Crippen molar-refractivity contribution in [2.75, 3.05) is 7.05 Å². The minimum Gasteiger partial charge on any atom is -0.349 e. The van der Waals surface area contributed by atoms with Crippen LogP contribution in [0.15, 0.2) is 42.7 Å². The molecule has 19 heavy (non-hydrogen) atoms. The summed E-state index contributed by atoms with van der Waals surface area (Å²) in [6.45, 7) is 0.591. The fraction of sp³-hybridized carbons (Fsp3) is 0.375. The predicted octanol–water partition coefficient (Wildman–Crippen LogP) is 3.35. The summed E-state index contributed by atoms with van der Waals surface area (Å²) >= 11 is 0. The van der Waals surface area contributed by atoms with E-state index < -0.39 is 0 Å². The molecule has 0 radical (unpaired) electrons. The van der Waals surface area contributed by atoms with Crippen molar-refractivity contribution in [2.45, 2.75) is 25.4 Å². The topological polar surface area (TPSA) is 17.0 Å². The molecule has 1 aromatic heterocycles. The number of benzene rings is 1. The molecule has 3 heteroatoms. The normalized spacial score (nSPS) is 16.5. The minimum absolute atomic E-state index is 0.134. The lowest BCUT2D eigenvalue weighted by molar-refractivity contribution is 0.527. The molecule has 1 saturated carbocycles. The van der Waals surface area contributed by atoms with Gasteiger partial charge in [-0.3, -0.25) is 0 Å².